The molecule has 0 rings (SSSR count). The van der Waals surface area contributed by atoms with Gasteiger partial charge in [0.05, 0.1) is 39.6 Å². The fourth-order valence-corrected chi connectivity index (χ4v) is 1.80. The van der Waals surface area contributed by atoms with Gasteiger partial charge < -0.3 is 14.2 Å². The van der Waals surface area contributed by atoms with Crippen molar-refractivity contribution in [1.82, 2.24) is 4.90 Å². The molecule has 0 saturated carbocycles. The zero-order valence-corrected chi connectivity index (χ0v) is 12.6. The Morgan fingerprint density at radius 3 is 2.05 bits per heavy atom. The molecule has 0 aliphatic carbocycles. The van der Waals surface area contributed by atoms with E-state index in [2.05, 4.69) is 15.9 Å². The summed E-state index contributed by atoms with van der Waals surface area (Å²) in [6, 6.07) is 0. The summed E-state index contributed by atoms with van der Waals surface area (Å²) >= 11 is 3.13. The molecule has 0 aromatic heterocycles. The molecule has 0 fully saturated rings. The van der Waals surface area contributed by atoms with Crippen molar-refractivity contribution in [3.63, 3.8) is 0 Å². The molecule has 0 aromatic rings. The normalized spacial score (nSPS) is 12.3. The van der Waals surface area contributed by atoms with E-state index in [-0.39, 0.29) is 13.2 Å². The van der Waals surface area contributed by atoms with Crippen molar-refractivity contribution < 1.29 is 27.4 Å². The number of ether oxygens (including phenoxy) is 3. The molecule has 0 bridgehead atoms. The molecule has 0 atom stereocenters. The lowest BCUT2D eigenvalue weighted by atomic mass is 10.4. The zero-order chi connectivity index (χ0) is 14.6. The Hall–Kier alpha value is 0.110. The first-order valence-electron chi connectivity index (χ1n) is 5.99. The van der Waals surface area contributed by atoms with Crippen LogP contribution in [0.15, 0.2) is 0 Å². The van der Waals surface area contributed by atoms with Crippen molar-refractivity contribution in [2.45, 2.75) is 6.18 Å². The molecular weight excluding hydrogens is 331 g/mol. The summed E-state index contributed by atoms with van der Waals surface area (Å²) in [4.78, 5) is 1.31. The monoisotopic (exact) mass is 351 g/mol. The van der Waals surface area contributed by atoms with E-state index in [0.717, 1.165) is 0 Å². The minimum absolute atomic E-state index is 0.253. The Morgan fingerprint density at radius 1 is 0.947 bits per heavy atom. The minimum Gasteiger partial charge on any atom is -0.382 e. The first-order valence-corrected chi connectivity index (χ1v) is 7.11. The standard InChI is InChI=1S/C11H21BrF3NO3/c1-17-6-7-19-9-8-18-5-4-16(3-2-12)10-11(13,14)15/h2-10H2,1H3. The van der Waals surface area contributed by atoms with Crippen LogP contribution < -0.4 is 0 Å². The first-order chi connectivity index (χ1) is 8.99. The van der Waals surface area contributed by atoms with E-state index < -0.39 is 12.7 Å². The lowest BCUT2D eigenvalue weighted by Gasteiger charge is -2.22. The topological polar surface area (TPSA) is 30.9 Å². The molecule has 0 saturated heterocycles. The summed E-state index contributed by atoms with van der Waals surface area (Å²) in [7, 11) is 1.58. The van der Waals surface area contributed by atoms with Gasteiger partial charge in [-0.15, -0.1) is 0 Å². The minimum atomic E-state index is -4.18. The van der Waals surface area contributed by atoms with Crippen molar-refractivity contribution in [2.24, 2.45) is 0 Å². The molecule has 0 N–H and O–H groups in total. The second-order valence-electron chi connectivity index (χ2n) is 3.80. The summed E-state index contributed by atoms with van der Waals surface area (Å²) in [5, 5.41) is 0.503. The first kappa shape index (κ1) is 19.1. The van der Waals surface area contributed by atoms with Gasteiger partial charge in [-0.25, -0.2) is 0 Å². The molecule has 0 amide bonds. The van der Waals surface area contributed by atoms with Gasteiger partial charge in [0.1, 0.15) is 0 Å². The van der Waals surface area contributed by atoms with Crippen molar-refractivity contribution >= 4 is 15.9 Å². The maximum absolute atomic E-state index is 12.2. The third-order valence-electron chi connectivity index (χ3n) is 2.16. The van der Waals surface area contributed by atoms with Crippen LogP contribution in [0.25, 0.3) is 0 Å². The number of alkyl halides is 4. The largest absolute Gasteiger partial charge is 0.401 e. The van der Waals surface area contributed by atoms with Crippen LogP contribution >= 0.6 is 15.9 Å². The summed E-state index contributed by atoms with van der Waals surface area (Å²) in [6.45, 7) is 1.74. The van der Waals surface area contributed by atoms with E-state index in [4.69, 9.17) is 14.2 Å². The van der Waals surface area contributed by atoms with E-state index in [1.165, 1.54) is 4.90 Å². The molecule has 8 heteroatoms. The summed E-state index contributed by atoms with van der Waals surface area (Å²) in [5.41, 5.74) is 0. The molecule has 0 heterocycles. The number of hydrogen-bond donors (Lipinski definition) is 0. The average Bonchev–Trinajstić information content (AvgIpc) is 2.31. The number of nitrogens with zero attached hydrogens (tertiary/aromatic N) is 1. The highest BCUT2D eigenvalue weighted by molar-refractivity contribution is 9.09. The van der Waals surface area contributed by atoms with Gasteiger partial charge in [-0.3, -0.25) is 4.90 Å². The van der Waals surface area contributed by atoms with Crippen LogP contribution in [-0.4, -0.2) is 76.2 Å². The second kappa shape index (κ2) is 11.9. The summed E-state index contributed by atoms with van der Waals surface area (Å²) < 4.78 is 51.9. The van der Waals surface area contributed by atoms with Gasteiger partial charge in [0.15, 0.2) is 0 Å². The Kier molecular flexibility index (Phi) is 12.0. The van der Waals surface area contributed by atoms with Gasteiger partial charge in [0, 0.05) is 25.5 Å². The Balaban J connectivity index is 3.53. The quantitative estimate of drug-likeness (QED) is 0.397. The summed E-state index contributed by atoms with van der Waals surface area (Å²) in [5.74, 6) is 0. The highest BCUT2D eigenvalue weighted by Gasteiger charge is 2.30. The van der Waals surface area contributed by atoms with Crippen LogP contribution in [-0.2, 0) is 14.2 Å². The number of methoxy groups -OCH3 is 1. The highest BCUT2D eigenvalue weighted by Crippen LogP contribution is 2.16. The van der Waals surface area contributed by atoms with Gasteiger partial charge >= 0.3 is 6.18 Å². The van der Waals surface area contributed by atoms with E-state index in [1.807, 2.05) is 0 Å². The summed E-state index contributed by atoms with van der Waals surface area (Å²) in [6.07, 6.45) is -4.18. The van der Waals surface area contributed by atoms with Crippen LogP contribution in [0.5, 0.6) is 0 Å². The fraction of sp³-hybridized carbons (Fsp3) is 1.00. The Labute approximate surface area is 120 Å². The van der Waals surface area contributed by atoms with Crippen LogP contribution in [0.3, 0.4) is 0 Å². The highest BCUT2D eigenvalue weighted by atomic mass is 79.9. The lowest BCUT2D eigenvalue weighted by Crippen LogP contribution is -2.37. The van der Waals surface area contributed by atoms with E-state index >= 15 is 0 Å². The van der Waals surface area contributed by atoms with Crippen LogP contribution in [0.4, 0.5) is 13.2 Å². The number of hydrogen-bond acceptors (Lipinski definition) is 4. The van der Waals surface area contributed by atoms with Gasteiger partial charge in [-0.2, -0.15) is 13.2 Å². The average molecular weight is 352 g/mol. The van der Waals surface area contributed by atoms with E-state index in [9.17, 15) is 13.2 Å². The molecule has 0 spiro atoms. The van der Waals surface area contributed by atoms with Gasteiger partial charge in [0.25, 0.3) is 0 Å². The fourth-order valence-electron chi connectivity index (χ4n) is 1.30. The lowest BCUT2D eigenvalue weighted by molar-refractivity contribution is -0.146. The van der Waals surface area contributed by atoms with Crippen molar-refractivity contribution in [2.75, 3.05) is 65.1 Å². The molecule has 19 heavy (non-hydrogen) atoms. The van der Waals surface area contributed by atoms with Gasteiger partial charge in [-0.05, 0) is 0 Å². The molecule has 116 valence electrons. The van der Waals surface area contributed by atoms with Crippen molar-refractivity contribution in [3.8, 4) is 0 Å². The van der Waals surface area contributed by atoms with Crippen LogP contribution in [0, 0.1) is 0 Å². The van der Waals surface area contributed by atoms with Gasteiger partial charge in [0.2, 0.25) is 0 Å². The molecular formula is C11H21BrF3NO3. The van der Waals surface area contributed by atoms with Crippen molar-refractivity contribution in [3.05, 3.63) is 0 Å². The maximum atomic E-state index is 12.2. The molecule has 4 nitrogen and oxygen atoms in total. The Morgan fingerprint density at radius 2 is 1.53 bits per heavy atom. The predicted octanol–water partition coefficient (Wildman–Crippen LogP) is 1.93. The van der Waals surface area contributed by atoms with E-state index in [1.54, 1.807) is 7.11 Å². The predicted molar refractivity (Wildman–Crippen MR) is 69.8 cm³/mol. The molecule has 0 radical (unpaired) electrons. The van der Waals surface area contributed by atoms with Crippen LogP contribution in [0.1, 0.15) is 0 Å². The second-order valence-corrected chi connectivity index (χ2v) is 4.59. The SMILES string of the molecule is COCCOCCOCCN(CCBr)CC(F)(F)F. The number of halogens is 4. The van der Waals surface area contributed by atoms with Gasteiger partial charge in [-0.1, -0.05) is 15.9 Å². The van der Waals surface area contributed by atoms with Crippen LogP contribution in [0.2, 0.25) is 0 Å². The zero-order valence-electron chi connectivity index (χ0n) is 11.0. The third-order valence-corrected chi connectivity index (χ3v) is 2.51. The smallest absolute Gasteiger partial charge is 0.382 e. The molecule has 0 unspecified atom stereocenters. The molecule has 0 aliphatic heterocycles. The van der Waals surface area contributed by atoms with Crippen molar-refractivity contribution in [1.29, 1.82) is 0 Å². The maximum Gasteiger partial charge on any atom is 0.401 e. The van der Waals surface area contributed by atoms with E-state index in [0.29, 0.717) is 38.3 Å². The Bertz CT molecular complexity index is 208. The molecule has 0 aromatic carbocycles. The molecule has 0 aliphatic rings. The number of rotatable bonds is 12. The third kappa shape index (κ3) is 14.3.